The van der Waals surface area contributed by atoms with Gasteiger partial charge in [-0.2, -0.15) is 0 Å². The summed E-state index contributed by atoms with van der Waals surface area (Å²) in [5.74, 6) is 2.81. The standard InChI is InChI=1S/C38H50N2O4/c1-36(2)32-15-13-28-30-14-16-34(41)38(30,4)19-17-31(28)37(32,3)20-18-33(36)40-44-22-21-39-35(42)43-23-29-26-11-7-5-9-24(26)25-10-6-8-12-27(25)29/h5-12,28-32,34,41H,13-23H2,1-4H3,(H,39,42)/b40-33+/t28-,30-,31-,32?,34-,37+,38-/m0/s1. The van der Waals surface area contributed by atoms with Crippen LogP contribution < -0.4 is 5.32 Å². The fraction of sp³-hybridized carbons (Fsp3) is 0.632. The Balaban J connectivity index is 0.912. The van der Waals surface area contributed by atoms with Crippen molar-refractivity contribution in [1.82, 2.24) is 5.32 Å². The second kappa shape index (κ2) is 11.2. The van der Waals surface area contributed by atoms with E-state index >= 15 is 0 Å². The highest BCUT2D eigenvalue weighted by atomic mass is 16.6. The Hall–Kier alpha value is -2.86. The van der Waals surface area contributed by atoms with Gasteiger partial charge in [0.25, 0.3) is 0 Å². The highest BCUT2D eigenvalue weighted by molar-refractivity contribution is 5.90. The number of rotatable bonds is 6. The summed E-state index contributed by atoms with van der Waals surface area (Å²) in [5, 5.41) is 18.3. The second-order valence-electron chi connectivity index (χ2n) is 15.5. The molecule has 0 aliphatic heterocycles. The lowest BCUT2D eigenvalue weighted by Gasteiger charge is -2.63. The van der Waals surface area contributed by atoms with Gasteiger partial charge in [-0.1, -0.05) is 81.4 Å². The molecule has 2 aromatic carbocycles. The summed E-state index contributed by atoms with van der Waals surface area (Å²) >= 11 is 0. The number of nitrogens with zero attached hydrogens (tertiary/aromatic N) is 1. The van der Waals surface area contributed by atoms with E-state index in [1.165, 1.54) is 54.4 Å². The molecule has 4 fully saturated rings. The van der Waals surface area contributed by atoms with Gasteiger partial charge in [-0.05, 0) is 108 Å². The van der Waals surface area contributed by atoms with E-state index in [1.807, 2.05) is 12.1 Å². The molecule has 7 rings (SSSR count). The maximum absolute atomic E-state index is 12.6. The van der Waals surface area contributed by atoms with Crippen molar-refractivity contribution in [3.8, 4) is 11.1 Å². The molecular weight excluding hydrogens is 548 g/mol. The number of carbonyl (C=O) groups is 1. The largest absolute Gasteiger partial charge is 0.449 e. The topological polar surface area (TPSA) is 80.2 Å². The molecule has 1 unspecified atom stereocenters. The smallest absolute Gasteiger partial charge is 0.407 e. The number of hydrogen-bond donors (Lipinski definition) is 2. The van der Waals surface area contributed by atoms with Crippen molar-refractivity contribution in [1.29, 1.82) is 0 Å². The number of alkyl carbamates (subject to hydrolysis) is 1. The Kier molecular flexibility index (Phi) is 7.58. The maximum atomic E-state index is 12.6. The van der Waals surface area contributed by atoms with E-state index < -0.39 is 6.09 Å². The highest BCUT2D eigenvalue weighted by Gasteiger charge is 2.62. The van der Waals surface area contributed by atoms with Gasteiger partial charge in [0.1, 0.15) is 13.2 Å². The lowest BCUT2D eigenvalue weighted by atomic mass is 9.41. The molecule has 0 aromatic heterocycles. The molecule has 2 N–H and O–H groups in total. The van der Waals surface area contributed by atoms with Crippen LogP contribution in [0, 0.1) is 39.9 Å². The van der Waals surface area contributed by atoms with Gasteiger partial charge in [0.2, 0.25) is 0 Å². The number of oxime groups is 1. The molecule has 5 aliphatic carbocycles. The number of amides is 1. The minimum absolute atomic E-state index is 0.0197. The zero-order valence-electron chi connectivity index (χ0n) is 27.0. The number of benzene rings is 2. The van der Waals surface area contributed by atoms with E-state index in [4.69, 9.17) is 9.57 Å². The van der Waals surface area contributed by atoms with Crippen LogP contribution in [0.2, 0.25) is 0 Å². The number of nitrogens with one attached hydrogen (secondary N) is 1. The van der Waals surface area contributed by atoms with E-state index in [9.17, 15) is 9.90 Å². The number of aliphatic hydroxyl groups excluding tert-OH is 1. The molecule has 44 heavy (non-hydrogen) atoms. The van der Waals surface area contributed by atoms with Crippen molar-refractivity contribution in [3.63, 3.8) is 0 Å². The summed E-state index contributed by atoms with van der Waals surface area (Å²) in [5.41, 5.74) is 6.44. The van der Waals surface area contributed by atoms with Crippen molar-refractivity contribution in [3.05, 3.63) is 59.7 Å². The Labute approximate surface area is 263 Å². The summed E-state index contributed by atoms with van der Waals surface area (Å²) in [6, 6.07) is 16.7. The third-order valence-corrected chi connectivity index (χ3v) is 13.3. The molecule has 0 saturated heterocycles. The highest BCUT2D eigenvalue weighted by Crippen LogP contribution is 2.68. The molecule has 2 aromatic rings. The molecule has 0 bridgehead atoms. The van der Waals surface area contributed by atoms with Gasteiger partial charge in [-0.15, -0.1) is 0 Å². The first kappa shape index (κ1) is 29.8. The van der Waals surface area contributed by atoms with Crippen LogP contribution >= 0.6 is 0 Å². The molecule has 4 saturated carbocycles. The molecule has 0 spiro atoms. The van der Waals surface area contributed by atoms with Gasteiger partial charge >= 0.3 is 6.09 Å². The van der Waals surface area contributed by atoms with Crippen LogP contribution in [0.15, 0.2) is 53.7 Å². The summed E-state index contributed by atoms with van der Waals surface area (Å²) in [6.45, 7) is 10.7. The molecule has 0 radical (unpaired) electrons. The number of aliphatic hydroxyl groups is 1. The third-order valence-electron chi connectivity index (χ3n) is 13.3. The van der Waals surface area contributed by atoms with Crippen molar-refractivity contribution in [2.75, 3.05) is 19.8 Å². The van der Waals surface area contributed by atoms with Crippen LogP contribution in [0.4, 0.5) is 4.79 Å². The Bertz CT molecular complexity index is 1390. The van der Waals surface area contributed by atoms with E-state index in [0.717, 1.165) is 36.8 Å². The van der Waals surface area contributed by atoms with Gasteiger partial charge < -0.3 is 20.0 Å². The molecule has 5 aliphatic rings. The number of carbonyl (C=O) groups excluding carboxylic acids is 1. The molecule has 236 valence electrons. The molecular formula is C38H50N2O4. The van der Waals surface area contributed by atoms with Crippen LogP contribution in [-0.4, -0.2) is 42.8 Å². The first-order chi connectivity index (χ1) is 21.1. The quantitative estimate of drug-likeness (QED) is 0.261. The van der Waals surface area contributed by atoms with Crippen molar-refractivity contribution in [2.24, 2.45) is 45.1 Å². The lowest BCUT2D eigenvalue weighted by Crippen LogP contribution is -2.58. The second-order valence-corrected chi connectivity index (χ2v) is 15.5. The van der Waals surface area contributed by atoms with Crippen LogP contribution in [-0.2, 0) is 9.57 Å². The van der Waals surface area contributed by atoms with Crippen LogP contribution in [0.25, 0.3) is 11.1 Å². The first-order valence-corrected chi connectivity index (χ1v) is 17.1. The van der Waals surface area contributed by atoms with Crippen LogP contribution in [0.5, 0.6) is 0 Å². The first-order valence-electron chi connectivity index (χ1n) is 17.1. The fourth-order valence-corrected chi connectivity index (χ4v) is 11.0. The molecule has 7 atom stereocenters. The van der Waals surface area contributed by atoms with Gasteiger partial charge in [0, 0.05) is 11.3 Å². The minimum Gasteiger partial charge on any atom is -0.449 e. The Morgan fingerprint density at radius 3 is 2.30 bits per heavy atom. The number of hydrogen-bond acceptors (Lipinski definition) is 5. The van der Waals surface area contributed by atoms with Gasteiger partial charge in [0.15, 0.2) is 0 Å². The summed E-state index contributed by atoms with van der Waals surface area (Å²) in [6.07, 6.45) is 8.71. The molecule has 0 heterocycles. The third kappa shape index (κ3) is 4.69. The summed E-state index contributed by atoms with van der Waals surface area (Å²) in [4.78, 5) is 18.4. The molecule has 1 amide bonds. The van der Waals surface area contributed by atoms with E-state index in [1.54, 1.807) is 0 Å². The van der Waals surface area contributed by atoms with Crippen LogP contribution in [0.3, 0.4) is 0 Å². The molecule has 6 nitrogen and oxygen atoms in total. The van der Waals surface area contributed by atoms with E-state index in [0.29, 0.717) is 37.0 Å². The Morgan fingerprint density at radius 2 is 1.57 bits per heavy atom. The monoisotopic (exact) mass is 598 g/mol. The average Bonchev–Trinajstić information content (AvgIpc) is 3.50. The predicted molar refractivity (Wildman–Crippen MR) is 173 cm³/mol. The van der Waals surface area contributed by atoms with Gasteiger partial charge in [-0.25, -0.2) is 4.79 Å². The van der Waals surface area contributed by atoms with Gasteiger partial charge in [0.05, 0.1) is 18.4 Å². The summed E-state index contributed by atoms with van der Waals surface area (Å²) < 4.78 is 5.67. The zero-order chi connectivity index (χ0) is 30.7. The normalized spacial score (nSPS) is 36.0. The van der Waals surface area contributed by atoms with Crippen molar-refractivity contribution >= 4 is 11.8 Å². The van der Waals surface area contributed by atoms with Crippen LogP contribution in [0.1, 0.15) is 96.1 Å². The van der Waals surface area contributed by atoms with Crippen molar-refractivity contribution < 1.29 is 19.5 Å². The number of fused-ring (bicyclic) bond motifs is 8. The zero-order valence-corrected chi connectivity index (χ0v) is 27.0. The molecule has 6 heteroatoms. The maximum Gasteiger partial charge on any atom is 0.407 e. The van der Waals surface area contributed by atoms with Gasteiger partial charge in [-0.3, -0.25) is 0 Å². The van der Waals surface area contributed by atoms with E-state index in [-0.39, 0.29) is 22.9 Å². The number of ether oxygens (including phenoxy) is 1. The fourth-order valence-electron chi connectivity index (χ4n) is 11.0. The average molecular weight is 599 g/mol. The predicted octanol–water partition coefficient (Wildman–Crippen LogP) is 7.94. The Morgan fingerprint density at radius 1 is 0.886 bits per heavy atom. The lowest BCUT2D eigenvalue weighted by molar-refractivity contribution is -0.131. The minimum atomic E-state index is -0.424. The van der Waals surface area contributed by atoms with Crippen molar-refractivity contribution in [2.45, 2.75) is 91.1 Å². The summed E-state index contributed by atoms with van der Waals surface area (Å²) in [7, 11) is 0. The SMILES string of the molecule is CC1(C)/C(=N/OCCNC(=O)OCC2c3ccccc3-c3ccccc32)CC[C@@]2(C)C1CC[C@H]1[C@@H]3CC[C@H](O)[C@@]3(C)CC[C@@H]12. The van der Waals surface area contributed by atoms with E-state index in [2.05, 4.69) is 74.6 Å².